The molecule has 2 heterocycles. The summed E-state index contributed by atoms with van der Waals surface area (Å²) in [6.07, 6.45) is -3.27. The Labute approximate surface area is 184 Å². The van der Waals surface area contributed by atoms with Crippen LogP contribution in [0.15, 0.2) is 30.5 Å². The van der Waals surface area contributed by atoms with Crippen LogP contribution in [0.1, 0.15) is 25.0 Å². The minimum atomic E-state index is -4.28. The highest BCUT2D eigenvalue weighted by Gasteiger charge is 2.29. The molecule has 0 aliphatic carbocycles. The number of piperidine rings is 1. The average Bonchev–Trinajstić information content (AvgIpc) is 2.78. The Bertz CT molecular complexity index is 898. The number of ether oxygens (including phenoxy) is 2. The third kappa shape index (κ3) is 6.56. The first-order valence-corrected chi connectivity index (χ1v) is 10.4. The van der Waals surface area contributed by atoms with Crippen LogP contribution in [0.5, 0.6) is 5.75 Å². The van der Waals surface area contributed by atoms with Crippen molar-refractivity contribution in [1.82, 2.24) is 9.97 Å². The molecule has 1 aliphatic rings. The molecule has 1 aliphatic heterocycles. The lowest BCUT2D eigenvalue weighted by atomic mass is 9.97. The molecule has 7 nitrogen and oxygen atoms in total. The first-order valence-electron chi connectivity index (χ1n) is 10.4. The lowest BCUT2D eigenvalue weighted by molar-refractivity contribution is -0.142. The molecule has 3 rings (SSSR count). The number of carbonyl (C=O) groups is 1. The number of rotatable bonds is 9. The Balaban J connectivity index is 1.85. The monoisotopic (exact) mass is 453 g/mol. The number of aryl methyl sites for hydroxylation is 1. The van der Waals surface area contributed by atoms with Gasteiger partial charge in [0.1, 0.15) is 18.1 Å². The zero-order chi connectivity index (χ0) is 23.1. The molecule has 0 spiro atoms. The molecule has 32 heavy (non-hydrogen) atoms. The number of anilines is 1. The molecule has 0 saturated carbocycles. The van der Waals surface area contributed by atoms with Gasteiger partial charge in [-0.1, -0.05) is 0 Å². The van der Waals surface area contributed by atoms with E-state index >= 15 is 0 Å². The van der Waals surface area contributed by atoms with E-state index < -0.39 is 24.5 Å². The third-order valence-corrected chi connectivity index (χ3v) is 5.30. The molecule has 174 valence electrons. The summed E-state index contributed by atoms with van der Waals surface area (Å²) in [5.41, 5.74) is 1.54. The van der Waals surface area contributed by atoms with Crippen LogP contribution >= 0.6 is 0 Å². The molecule has 10 heteroatoms. The van der Waals surface area contributed by atoms with Crippen molar-refractivity contribution in [2.24, 2.45) is 5.92 Å². The molecule has 2 aromatic rings. The summed E-state index contributed by atoms with van der Waals surface area (Å²) >= 11 is 0. The van der Waals surface area contributed by atoms with Gasteiger partial charge in [0.25, 0.3) is 0 Å². The molecule has 1 N–H and O–H groups in total. The fraction of sp³-hybridized carbons (Fsp3) is 0.500. The molecular formula is C22H26F3N3O4. The highest BCUT2D eigenvalue weighted by atomic mass is 19.4. The van der Waals surface area contributed by atoms with Gasteiger partial charge in [-0.25, -0.2) is 4.98 Å². The number of methoxy groups -OCH3 is 1. The fourth-order valence-corrected chi connectivity index (χ4v) is 3.52. The Morgan fingerprint density at radius 2 is 1.88 bits per heavy atom. The number of aliphatic carboxylic acids is 1. The molecule has 1 fully saturated rings. The lowest BCUT2D eigenvalue weighted by Gasteiger charge is -2.32. The molecule has 0 radical (unpaired) electrons. The molecule has 1 aromatic carbocycles. The predicted octanol–water partition coefficient (Wildman–Crippen LogP) is 3.96. The summed E-state index contributed by atoms with van der Waals surface area (Å²) in [5, 5.41) is 9.25. The van der Waals surface area contributed by atoms with E-state index in [1.54, 1.807) is 19.2 Å². The minimum absolute atomic E-state index is 0.251. The Hall–Kier alpha value is -2.88. The van der Waals surface area contributed by atoms with Gasteiger partial charge in [0.2, 0.25) is 0 Å². The normalized spacial score (nSPS) is 15.1. The number of nitrogens with zero attached hydrogens (tertiary/aromatic N) is 3. The third-order valence-electron chi connectivity index (χ3n) is 5.30. The Morgan fingerprint density at radius 1 is 1.19 bits per heavy atom. The summed E-state index contributed by atoms with van der Waals surface area (Å²) in [7, 11) is 1.59. The molecule has 1 aromatic heterocycles. The summed E-state index contributed by atoms with van der Waals surface area (Å²) in [4.78, 5) is 22.1. The smallest absolute Gasteiger partial charge is 0.389 e. The molecular weight excluding hydrogens is 427 g/mol. The number of carboxylic acids is 1. The van der Waals surface area contributed by atoms with E-state index in [2.05, 4.69) is 9.97 Å². The summed E-state index contributed by atoms with van der Waals surface area (Å²) in [6.45, 7) is 1.76. The van der Waals surface area contributed by atoms with Gasteiger partial charge in [0, 0.05) is 38.4 Å². The fourth-order valence-electron chi connectivity index (χ4n) is 3.52. The average molecular weight is 453 g/mol. The van der Waals surface area contributed by atoms with Crippen molar-refractivity contribution < 1.29 is 32.5 Å². The minimum Gasteiger partial charge on any atom is -0.491 e. The van der Waals surface area contributed by atoms with Gasteiger partial charge in [-0.05, 0) is 43.5 Å². The van der Waals surface area contributed by atoms with E-state index in [1.165, 1.54) is 6.20 Å². The maximum atomic E-state index is 12.7. The maximum Gasteiger partial charge on any atom is 0.389 e. The Morgan fingerprint density at radius 3 is 2.47 bits per heavy atom. The van der Waals surface area contributed by atoms with Gasteiger partial charge in [-0.3, -0.25) is 9.78 Å². The molecule has 0 amide bonds. The quantitative estimate of drug-likeness (QED) is 0.575. The van der Waals surface area contributed by atoms with Crippen LogP contribution in [-0.2, 0) is 16.0 Å². The second kappa shape index (κ2) is 10.6. The zero-order valence-electron chi connectivity index (χ0n) is 17.8. The van der Waals surface area contributed by atoms with Crippen molar-refractivity contribution in [1.29, 1.82) is 0 Å². The van der Waals surface area contributed by atoms with E-state index in [9.17, 15) is 23.1 Å². The van der Waals surface area contributed by atoms with E-state index in [0.29, 0.717) is 56.4 Å². The van der Waals surface area contributed by atoms with Crippen molar-refractivity contribution >= 4 is 11.8 Å². The van der Waals surface area contributed by atoms with E-state index in [4.69, 9.17) is 9.47 Å². The van der Waals surface area contributed by atoms with Crippen LogP contribution in [0.25, 0.3) is 11.3 Å². The highest BCUT2D eigenvalue weighted by Crippen LogP contribution is 2.32. The van der Waals surface area contributed by atoms with E-state index in [0.717, 1.165) is 5.56 Å². The summed E-state index contributed by atoms with van der Waals surface area (Å²) in [5.74, 6) is -0.135. The van der Waals surface area contributed by atoms with Gasteiger partial charge in [-0.15, -0.1) is 0 Å². The topological polar surface area (TPSA) is 84.8 Å². The second-order valence-electron chi connectivity index (χ2n) is 7.61. The van der Waals surface area contributed by atoms with Crippen molar-refractivity contribution in [3.05, 3.63) is 36.2 Å². The van der Waals surface area contributed by atoms with Crippen molar-refractivity contribution in [2.75, 3.05) is 38.3 Å². The lowest BCUT2D eigenvalue weighted by Crippen LogP contribution is -2.37. The van der Waals surface area contributed by atoms with E-state index in [-0.39, 0.29) is 12.1 Å². The number of hydrogen-bond acceptors (Lipinski definition) is 6. The maximum absolute atomic E-state index is 12.7. The zero-order valence-corrected chi connectivity index (χ0v) is 17.8. The largest absolute Gasteiger partial charge is 0.491 e. The van der Waals surface area contributed by atoms with Crippen LogP contribution < -0.4 is 9.64 Å². The van der Waals surface area contributed by atoms with Crippen molar-refractivity contribution in [3.63, 3.8) is 0 Å². The first-order chi connectivity index (χ1) is 15.3. The van der Waals surface area contributed by atoms with Crippen molar-refractivity contribution in [3.8, 4) is 17.0 Å². The number of benzene rings is 1. The SMILES string of the molecule is COCCOc1ccc(-c2ncc(CCC(F)(F)F)nc2N2CCC(C(=O)O)CC2)cc1. The van der Waals surface area contributed by atoms with Crippen LogP contribution in [0.4, 0.5) is 19.0 Å². The molecule has 0 unspecified atom stereocenters. The van der Waals surface area contributed by atoms with Crippen LogP contribution in [0, 0.1) is 5.92 Å². The summed E-state index contributed by atoms with van der Waals surface area (Å²) in [6, 6.07) is 7.19. The molecule has 0 bridgehead atoms. The van der Waals surface area contributed by atoms with Gasteiger partial charge in [0.15, 0.2) is 5.82 Å². The van der Waals surface area contributed by atoms with E-state index in [1.807, 2.05) is 17.0 Å². The number of halogens is 3. The molecule has 1 saturated heterocycles. The highest BCUT2D eigenvalue weighted by molar-refractivity contribution is 5.74. The van der Waals surface area contributed by atoms with Gasteiger partial charge in [0.05, 0.1) is 18.2 Å². The number of hydrogen-bond donors (Lipinski definition) is 1. The number of carboxylic acid groups (broad SMARTS) is 1. The van der Waals surface area contributed by atoms with Crippen LogP contribution in [0.3, 0.4) is 0 Å². The van der Waals surface area contributed by atoms with Crippen molar-refractivity contribution in [2.45, 2.75) is 31.9 Å². The number of alkyl halides is 3. The van der Waals surface area contributed by atoms with Gasteiger partial charge < -0.3 is 19.5 Å². The number of aromatic nitrogens is 2. The molecule has 0 atom stereocenters. The van der Waals surface area contributed by atoms with Gasteiger partial charge >= 0.3 is 12.1 Å². The summed E-state index contributed by atoms with van der Waals surface area (Å²) < 4.78 is 48.5. The van der Waals surface area contributed by atoms with Crippen LogP contribution in [0.2, 0.25) is 0 Å². The first kappa shape index (κ1) is 23.8. The van der Waals surface area contributed by atoms with Gasteiger partial charge in [-0.2, -0.15) is 13.2 Å². The van der Waals surface area contributed by atoms with Crippen LogP contribution in [-0.4, -0.2) is 60.6 Å². The second-order valence-corrected chi connectivity index (χ2v) is 7.61. The predicted molar refractivity (Wildman–Crippen MR) is 112 cm³/mol. The standard InChI is InChI=1S/C22H26F3N3O4/c1-31-12-13-32-18-4-2-15(3-5-18)19-20(28-10-7-16(8-11-28)21(29)30)27-17(14-26-19)6-9-22(23,24)25/h2-5,14,16H,6-13H2,1H3,(H,29,30). The Kier molecular flexibility index (Phi) is 7.89.